The molecule has 0 aliphatic rings. The van der Waals surface area contributed by atoms with Crippen molar-refractivity contribution in [3.8, 4) is 0 Å². The van der Waals surface area contributed by atoms with E-state index >= 15 is 0 Å². The van der Waals surface area contributed by atoms with Gasteiger partial charge >= 0.3 is 19.8 Å². The number of phosphoric acid groups is 1. The summed E-state index contributed by atoms with van der Waals surface area (Å²) in [5.41, 5.74) is 5.42. The van der Waals surface area contributed by atoms with E-state index in [1.54, 1.807) is 0 Å². The second-order valence-corrected chi connectivity index (χ2v) is 29.5. The molecule has 0 saturated carbocycles. The molecule has 0 spiro atoms. The first-order chi connectivity index (χ1) is 45.3. The first-order valence-corrected chi connectivity index (χ1v) is 42.5. The Morgan fingerprint density at radius 1 is 0.326 bits per heavy atom. The summed E-state index contributed by atoms with van der Waals surface area (Å²) in [6, 6.07) is 0. The molecule has 2 atom stereocenters. The lowest BCUT2D eigenvalue weighted by Crippen LogP contribution is -2.29. The predicted molar refractivity (Wildman–Crippen MR) is 400 cm³/mol. The number of phosphoric ester groups is 1. The molecule has 0 aliphatic carbocycles. The summed E-state index contributed by atoms with van der Waals surface area (Å²) >= 11 is 0. The Labute approximate surface area is 573 Å². The van der Waals surface area contributed by atoms with Gasteiger partial charge in [0, 0.05) is 19.4 Å². The highest BCUT2D eigenvalue weighted by Gasteiger charge is 2.26. The molecule has 3 N–H and O–H groups in total. The summed E-state index contributed by atoms with van der Waals surface area (Å²) in [6.07, 6.45) is 100. The third kappa shape index (κ3) is 77.2. The van der Waals surface area contributed by atoms with Crippen LogP contribution in [0.15, 0.2) is 36.5 Å². The molecule has 0 fully saturated rings. The molecular weight excluding hydrogens is 1160 g/mol. The maximum absolute atomic E-state index is 12.8. The minimum atomic E-state index is -4.39. The van der Waals surface area contributed by atoms with E-state index < -0.39 is 26.5 Å². The average molecular weight is 1320 g/mol. The monoisotopic (exact) mass is 1320 g/mol. The number of hydrogen-bond donors (Lipinski definition) is 2. The summed E-state index contributed by atoms with van der Waals surface area (Å²) in [7, 11) is -4.39. The van der Waals surface area contributed by atoms with Crippen LogP contribution < -0.4 is 5.73 Å². The quantitative estimate of drug-likeness (QED) is 0.0264. The molecule has 0 saturated heterocycles. The zero-order valence-electron chi connectivity index (χ0n) is 61.6. The molecular formula is C82H158NO8P. The number of rotatable bonds is 79. The van der Waals surface area contributed by atoms with Crippen LogP contribution in [0.2, 0.25) is 0 Å². The Kier molecular flexibility index (Phi) is 76.7. The second kappa shape index (κ2) is 78.2. The topological polar surface area (TPSA) is 134 Å². The van der Waals surface area contributed by atoms with E-state index in [0.717, 1.165) is 44.9 Å². The van der Waals surface area contributed by atoms with Gasteiger partial charge in [0.05, 0.1) is 13.2 Å². The summed E-state index contributed by atoms with van der Waals surface area (Å²) in [5.74, 6) is -0.801. The van der Waals surface area contributed by atoms with Gasteiger partial charge in [-0.2, -0.15) is 0 Å². The fourth-order valence-corrected chi connectivity index (χ4v) is 13.5. The first-order valence-electron chi connectivity index (χ1n) is 41.0. The molecule has 0 rings (SSSR count). The van der Waals surface area contributed by atoms with Crippen molar-refractivity contribution in [2.45, 2.75) is 450 Å². The molecule has 2 unspecified atom stereocenters. The fraction of sp³-hybridized carbons (Fsp3) is 0.902. The van der Waals surface area contributed by atoms with E-state index in [9.17, 15) is 19.0 Å². The van der Waals surface area contributed by atoms with Crippen molar-refractivity contribution in [3.05, 3.63) is 36.5 Å². The van der Waals surface area contributed by atoms with Crippen LogP contribution in [0, 0.1) is 0 Å². The van der Waals surface area contributed by atoms with E-state index in [4.69, 9.17) is 24.3 Å². The van der Waals surface area contributed by atoms with E-state index in [1.807, 2.05) is 0 Å². The minimum absolute atomic E-state index is 0.0563. The van der Waals surface area contributed by atoms with E-state index in [-0.39, 0.29) is 38.6 Å². The average Bonchev–Trinajstić information content (AvgIpc) is 3.01. The van der Waals surface area contributed by atoms with Crippen molar-refractivity contribution >= 4 is 19.8 Å². The Morgan fingerprint density at radius 2 is 0.565 bits per heavy atom. The lowest BCUT2D eigenvalue weighted by molar-refractivity contribution is -0.161. The molecule has 0 aliphatic heterocycles. The highest BCUT2D eigenvalue weighted by atomic mass is 31.2. The lowest BCUT2D eigenvalue weighted by atomic mass is 10.0. The summed E-state index contributed by atoms with van der Waals surface area (Å²) in [5, 5.41) is 0. The molecule has 0 heterocycles. The fourth-order valence-electron chi connectivity index (χ4n) is 12.7. The number of ether oxygens (including phenoxy) is 2. The Morgan fingerprint density at radius 3 is 0.837 bits per heavy atom. The maximum atomic E-state index is 12.8. The molecule has 0 bridgehead atoms. The molecule has 0 aromatic rings. The van der Waals surface area contributed by atoms with Crippen LogP contribution >= 0.6 is 7.82 Å². The van der Waals surface area contributed by atoms with Crippen LogP contribution in [0.5, 0.6) is 0 Å². The first kappa shape index (κ1) is 90.2. The van der Waals surface area contributed by atoms with Gasteiger partial charge in [-0.15, -0.1) is 0 Å². The van der Waals surface area contributed by atoms with Crippen molar-refractivity contribution in [2.24, 2.45) is 5.73 Å². The zero-order valence-corrected chi connectivity index (χ0v) is 62.5. The van der Waals surface area contributed by atoms with Gasteiger partial charge in [-0.3, -0.25) is 18.6 Å². The van der Waals surface area contributed by atoms with Gasteiger partial charge in [0.2, 0.25) is 0 Å². The Bertz CT molecular complexity index is 1600. The van der Waals surface area contributed by atoms with Crippen molar-refractivity contribution in [1.82, 2.24) is 0 Å². The van der Waals surface area contributed by atoms with Gasteiger partial charge in [-0.25, -0.2) is 4.57 Å². The van der Waals surface area contributed by atoms with Gasteiger partial charge in [0.15, 0.2) is 6.10 Å². The third-order valence-corrected chi connectivity index (χ3v) is 19.8. The van der Waals surface area contributed by atoms with E-state index in [0.29, 0.717) is 6.42 Å². The van der Waals surface area contributed by atoms with Crippen LogP contribution in [-0.4, -0.2) is 49.3 Å². The smallest absolute Gasteiger partial charge is 0.462 e. The number of allylic oxidation sites excluding steroid dienone is 6. The van der Waals surface area contributed by atoms with Gasteiger partial charge in [-0.05, 0) is 51.4 Å². The highest BCUT2D eigenvalue weighted by Crippen LogP contribution is 2.43. The molecule has 9 nitrogen and oxygen atoms in total. The van der Waals surface area contributed by atoms with Gasteiger partial charge in [-0.1, -0.05) is 416 Å². The molecule has 0 aromatic carbocycles. The molecule has 92 heavy (non-hydrogen) atoms. The van der Waals surface area contributed by atoms with E-state index in [2.05, 4.69) is 50.3 Å². The molecule has 0 aromatic heterocycles. The Hall–Kier alpha value is -1.77. The van der Waals surface area contributed by atoms with Crippen molar-refractivity contribution in [2.75, 3.05) is 26.4 Å². The minimum Gasteiger partial charge on any atom is -0.462 e. The van der Waals surface area contributed by atoms with Crippen molar-refractivity contribution in [1.29, 1.82) is 0 Å². The number of unbranched alkanes of at least 4 members (excludes halogenated alkanes) is 60. The zero-order chi connectivity index (χ0) is 66.5. The van der Waals surface area contributed by atoms with Crippen LogP contribution in [0.3, 0.4) is 0 Å². The normalized spacial score (nSPS) is 13.0. The molecule has 0 amide bonds. The lowest BCUT2D eigenvalue weighted by Gasteiger charge is -2.19. The Balaban J connectivity index is 3.74. The SMILES string of the molecule is CCCCCCC/C=C\C/C=C\C/C=C\CCCCCCCCCCCCCCCCCCCCC(=O)OC(COC(=O)CCCCCCCCCCCCCCCCCCCCCCCCCCCCCCCCCCCCCCCC)COP(=O)(O)OCCN. The number of carbonyl (C=O) groups excluding carboxylic acids is 2. The van der Waals surface area contributed by atoms with Gasteiger partial charge in [0.1, 0.15) is 6.61 Å². The molecule has 544 valence electrons. The highest BCUT2D eigenvalue weighted by molar-refractivity contribution is 7.47. The van der Waals surface area contributed by atoms with Crippen LogP contribution in [0.4, 0.5) is 0 Å². The van der Waals surface area contributed by atoms with Gasteiger partial charge < -0.3 is 20.1 Å². The van der Waals surface area contributed by atoms with Crippen molar-refractivity contribution in [3.63, 3.8) is 0 Å². The van der Waals surface area contributed by atoms with Crippen LogP contribution in [0.25, 0.3) is 0 Å². The second-order valence-electron chi connectivity index (χ2n) is 28.0. The summed E-state index contributed by atoms with van der Waals surface area (Å²) < 4.78 is 33.3. The van der Waals surface area contributed by atoms with Crippen LogP contribution in [-0.2, 0) is 32.7 Å². The molecule has 0 radical (unpaired) electrons. The largest absolute Gasteiger partial charge is 0.472 e. The standard InChI is InChI=1S/C82H158NO8P/c1-3-5-7-9-11-13-15-17-19-21-23-25-27-29-31-33-35-37-38-39-40-41-43-44-46-48-50-52-54-56-58-60-62-64-66-68-70-72-74-81(84)88-78-80(79-90-92(86,87)89-77-76-83)91-82(85)75-73-71-69-67-65-63-61-59-57-55-53-51-49-47-45-42-36-34-32-30-28-26-24-22-20-18-16-14-12-10-8-6-4-2/h16,18,22,24,28,30,80H,3-15,17,19-21,23,25-27,29,31-79,83H2,1-2H3,(H,86,87)/b18-16-,24-22-,30-28-. The number of nitrogens with two attached hydrogens (primary N) is 1. The third-order valence-electron chi connectivity index (χ3n) is 18.8. The maximum Gasteiger partial charge on any atom is 0.472 e. The number of esters is 2. The summed E-state index contributed by atoms with van der Waals surface area (Å²) in [4.78, 5) is 35.5. The number of hydrogen-bond acceptors (Lipinski definition) is 8. The van der Waals surface area contributed by atoms with Gasteiger partial charge in [0.25, 0.3) is 0 Å². The predicted octanol–water partition coefficient (Wildman–Crippen LogP) is 27.4. The molecule has 10 heteroatoms. The van der Waals surface area contributed by atoms with E-state index in [1.165, 1.54) is 366 Å². The van der Waals surface area contributed by atoms with Crippen molar-refractivity contribution < 1.29 is 37.6 Å². The summed E-state index contributed by atoms with van der Waals surface area (Å²) in [6.45, 7) is 3.82. The number of carbonyl (C=O) groups is 2. The van der Waals surface area contributed by atoms with Crippen LogP contribution in [0.1, 0.15) is 444 Å².